The third-order valence-electron chi connectivity index (χ3n) is 2.60. The number of thiazole rings is 1. The van der Waals surface area contributed by atoms with Crippen LogP contribution in [0.5, 0.6) is 0 Å². The predicted molar refractivity (Wildman–Crippen MR) is 75.0 cm³/mol. The van der Waals surface area contributed by atoms with Gasteiger partial charge in [-0.3, -0.25) is 4.79 Å². The molecule has 3 aromatic rings. The summed E-state index contributed by atoms with van der Waals surface area (Å²) < 4.78 is 1.72. The van der Waals surface area contributed by atoms with E-state index < -0.39 is 0 Å². The Morgan fingerprint density at radius 1 is 1.37 bits per heavy atom. The number of nitrogens with two attached hydrogens (primary N) is 1. The number of amides is 1. The molecule has 0 aliphatic heterocycles. The highest BCUT2D eigenvalue weighted by molar-refractivity contribution is 7.15. The molecule has 0 fully saturated rings. The molecule has 0 saturated carbocycles. The van der Waals surface area contributed by atoms with Crippen LogP contribution in [0.15, 0.2) is 29.6 Å². The van der Waals surface area contributed by atoms with Gasteiger partial charge in [-0.15, -0.1) is 16.4 Å². The largest absolute Gasteiger partial charge is 0.366 e. The zero-order valence-corrected chi connectivity index (χ0v) is 10.9. The van der Waals surface area contributed by atoms with Crippen molar-refractivity contribution in [3.05, 3.63) is 29.6 Å². The summed E-state index contributed by atoms with van der Waals surface area (Å²) in [6, 6.07) is 7.54. The number of carbonyl (C=O) groups excluding carboxylic acids is 1. The molecule has 0 spiro atoms. The number of fused-ring (bicyclic) bond motifs is 1. The summed E-state index contributed by atoms with van der Waals surface area (Å²) in [5.74, 6) is 0.178. The van der Waals surface area contributed by atoms with E-state index in [9.17, 15) is 4.79 Å². The number of rotatable bonds is 2. The minimum absolute atomic E-state index is 0.0882. The number of hydrogen-bond acceptors (Lipinski definition) is 5. The predicted octanol–water partition coefficient (Wildman–Crippen LogP) is 2.00. The van der Waals surface area contributed by atoms with Crippen molar-refractivity contribution in [3.63, 3.8) is 0 Å². The lowest BCUT2D eigenvalue weighted by atomic mass is 10.1. The maximum atomic E-state index is 11.0. The minimum Gasteiger partial charge on any atom is -0.366 e. The smallest absolute Gasteiger partial charge is 0.241 e. The summed E-state index contributed by atoms with van der Waals surface area (Å²) in [4.78, 5) is 15.8. The van der Waals surface area contributed by atoms with Gasteiger partial charge in [0.15, 0.2) is 0 Å². The lowest BCUT2D eigenvalue weighted by Crippen LogP contribution is -2.05. The minimum atomic E-state index is -0.0882. The average molecular weight is 273 g/mol. The summed E-state index contributed by atoms with van der Waals surface area (Å²) in [5.41, 5.74) is 8.26. The standard InChI is InChI=1S/C12H11N5OS/c1-7(18)14-9-4-2-8(3-5-9)10-6-19-12-15-11(13)16-17(10)12/h2-6H,1H3,(H2,13,16)(H,14,18). The number of carbonyl (C=O) groups is 1. The van der Waals surface area contributed by atoms with E-state index in [0.717, 1.165) is 21.9 Å². The summed E-state index contributed by atoms with van der Waals surface area (Å²) in [5, 5.41) is 8.85. The molecule has 0 bridgehead atoms. The van der Waals surface area contributed by atoms with Crippen LogP contribution in [0, 0.1) is 0 Å². The second-order valence-corrected chi connectivity index (χ2v) is 4.88. The van der Waals surface area contributed by atoms with E-state index >= 15 is 0 Å². The Kier molecular flexibility index (Phi) is 2.68. The third kappa shape index (κ3) is 2.15. The first-order valence-corrected chi connectivity index (χ1v) is 6.49. The van der Waals surface area contributed by atoms with Gasteiger partial charge in [0, 0.05) is 23.6 Å². The van der Waals surface area contributed by atoms with Crippen LogP contribution in [0.2, 0.25) is 0 Å². The lowest BCUT2D eigenvalue weighted by Gasteiger charge is -2.03. The third-order valence-corrected chi connectivity index (χ3v) is 3.42. The Balaban J connectivity index is 1.99. The molecule has 0 radical (unpaired) electrons. The van der Waals surface area contributed by atoms with Gasteiger partial charge in [-0.2, -0.15) is 4.98 Å². The first-order valence-electron chi connectivity index (χ1n) is 5.61. The van der Waals surface area contributed by atoms with E-state index in [0.29, 0.717) is 0 Å². The highest BCUT2D eigenvalue weighted by atomic mass is 32.1. The summed E-state index contributed by atoms with van der Waals surface area (Å²) in [6.45, 7) is 1.48. The van der Waals surface area contributed by atoms with Gasteiger partial charge in [0.05, 0.1) is 5.69 Å². The van der Waals surface area contributed by atoms with Gasteiger partial charge in [0.25, 0.3) is 0 Å². The van der Waals surface area contributed by atoms with E-state index in [1.807, 2.05) is 29.6 Å². The van der Waals surface area contributed by atoms with Crippen LogP contribution >= 0.6 is 11.3 Å². The molecule has 0 aliphatic rings. The first-order chi connectivity index (χ1) is 9.13. The fraction of sp³-hybridized carbons (Fsp3) is 0.0833. The van der Waals surface area contributed by atoms with Crippen molar-refractivity contribution in [1.82, 2.24) is 14.6 Å². The van der Waals surface area contributed by atoms with Crippen molar-refractivity contribution in [1.29, 1.82) is 0 Å². The first kappa shape index (κ1) is 11.7. The number of nitrogens with one attached hydrogen (secondary N) is 1. The Morgan fingerprint density at radius 2 is 2.11 bits per heavy atom. The van der Waals surface area contributed by atoms with Gasteiger partial charge >= 0.3 is 0 Å². The highest BCUT2D eigenvalue weighted by Crippen LogP contribution is 2.26. The molecular formula is C12H11N5OS. The molecule has 3 N–H and O–H groups in total. The second kappa shape index (κ2) is 4.36. The van der Waals surface area contributed by atoms with E-state index in [1.165, 1.54) is 18.3 Å². The molecule has 0 atom stereocenters. The summed E-state index contributed by atoms with van der Waals surface area (Å²) in [7, 11) is 0. The molecule has 0 saturated heterocycles. The van der Waals surface area contributed by atoms with Crippen LogP contribution < -0.4 is 11.1 Å². The van der Waals surface area contributed by atoms with E-state index in [-0.39, 0.29) is 11.9 Å². The molecule has 19 heavy (non-hydrogen) atoms. The molecule has 96 valence electrons. The maximum Gasteiger partial charge on any atom is 0.241 e. The molecule has 2 aromatic heterocycles. The lowest BCUT2D eigenvalue weighted by molar-refractivity contribution is -0.114. The van der Waals surface area contributed by atoms with Crippen LogP contribution in [0.1, 0.15) is 6.92 Å². The van der Waals surface area contributed by atoms with Crippen molar-refractivity contribution in [2.75, 3.05) is 11.1 Å². The van der Waals surface area contributed by atoms with Crippen molar-refractivity contribution in [2.24, 2.45) is 0 Å². The average Bonchev–Trinajstić information content (AvgIpc) is 2.88. The van der Waals surface area contributed by atoms with Gasteiger partial charge in [0.2, 0.25) is 16.8 Å². The van der Waals surface area contributed by atoms with Gasteiger partial charge < -0.3 is 11.1 Å². The Labute approximate surface area is 112 Å². The van der Waals surface area contributed by atoms with Crippen LogP contribution in [0.3, 0.4) is 0 Å². The Bertz CT molecular complexity index is 743. The fourth-order valence-electron chi connectivity index (χ4n) is 1.82. The van der Waals surface area contributed by atoms with Crippen molar-refractivity contribution >= 4 is 33.8 Å². The number of nitrogen functional groups attached to an aromatic ring is 1. The molecule has 1 aromatic carbocycles. The van der Waals surface area contributed by atoms with E-state index in [4.69, 9.17) is 5.73 Å². The number of anilines is 2. The van der Waals surface area contributed by atoms with Gasteiger partial charge in [-0.1, -0.05) is 12.1 Å². The van der Waals surface area contributed by atoms with E-state index in [2.05, 4.69) is 15.4 Å². The van der Waals surface area contributed by atoms with Gasteiger partial charge in [-0.25, -0.2) is 4.52 Å². The number of aromatic nitrogens is 3. The van der Waals surface area contributed by atoms with Crippen LogP contribution in [0.4, 0.5) is 11.6 Å². The molecule has 2 heterocycles. The van der Waals surface area contributed by atoms with E-state index in [1.54, 1.807) is 4.52 Å². The monoisotopic (exact) mass is 273 g/mol. The maximum absolute atomic E-state index is 11.0. The fourth-order valence-corrected chi connectivity index (χ4v) is 2.66. The van der Waals surface area contributed by atoms with Gasteiger partial charge in [0.1, 0.15) is 0 Å². The van der Waals surface area contributed by atoms with Crippen molar-refractivity contribution in [2.45, 2.75) is 6.92 Å². The number of hydrogen-bond donors (Lipinski definition) is 2. The Morgan fingerprint density at radius 3 is 2.79 bits per heavy atom. The summed E-state index contributed by atoms with van der Waals surface area (Å²) in [6.07, 6.45) is 0. The normalized spacial score (nSPS) is 10.8. The molecule has 0 unspecified atom stereocenters. The quantitative estimate of drug-likeness (QED) is 0.747. The van der Waals surface area contributed by atoms with Crippen LogP contribution in [0.25, 0.3) is 16.2 Å². The molecule has 3 rings (SSSR count). The molecule has 1 amide bonds. The van der Waals surface area contributed by atoms with Crippen LogP contribution in [-0.2, 0) is 4.79 Å². The molecule has 0 aliphatic carbocycles. The molecular weight excluding hydrogens is 262 g/mol. The highest BCUT2D eigenvalue weighted by Gasteiger charge is 2.09. The molecule has 7 heteroatoms. The Hall–Kier alpha value is -2.41. The van der Waals surface area contributed by atoms with Crippen molar-refractivity contribution in [3.8, 4) is 11.3 Å². The second-order valence-electron chi connectivity index (χ2n) is 4.04. The van der Waals surface area contributed by atoms with Crippen molar-refractivity contribution < 1.29 is 4.79 Å². The zero-order valence-electron chi connectivity index (χ0n) is 10.1. The molecule has 6 nitrogen and oxygen atoms in total. The topological polar surface area (TPSA) is 85.3 Å². The summed E-state index contributed by atoms with van der Waals surface area (Å²) >= 11 is 1.48. The van der Waals surface area contributed by atoms with Gasteiger partial charge in [-0.05, 0) is 12.1 Å². The zero-order chi connectivity index (χ0) is 13.4. The van der Waals surface area contributed by atoms with Crippen LogP contribution in [-0.4, -0.2) is 20.5 Å². The number of nitrogens with zero attached hydrogens (tertiary/aromatic N) is 3. The SMILES string of the molecule is CC(=O)Nc1ccc(-c2csc3nc(N)nn23)cc1. The number of benzene rings is 1.